The standard InChI is InChI=1S/C15H22ClN7O2/c1-2-8-25-9-6-4-3-5-7-20-15(19)23-14(24)10-12(17)22-13(18)11(16)21-10/h1H,3-9H2,(H4,17,18,22)(H3,19,20,23,24). The lowest BCUT2D eigenvalue weighted by molar-refractivity contribution is 0.0971. The number of hydrogen-bond acceptors (Lipinski definition) is 7. The van der Waals surface area contributed by atoms with Crippen molar-refractivity contribution in [3.63, 3.8) is 0 Å². The summed E-state index contributed by atoms with van der Waals surface area (Å²) in [6.45, 7) is 1.54. The maximum Gasteiger partial charge on any atom is 0.280 e. The monoisotopic (exact) mass is 367 g/mol. The first kappa shape index (κ1) is 20.5. The van der Waals surface area contributed by atoms with Crippen LogP contribution in [0.25, 0.3) is 0 Å². The topological polar surface area (TPSA) is 152 Å². The number of ether oxygens (including phenoxy) is 1. The normalized spacial score (nSPS) is 10.1. The van der Waals surface area contributed by atoms with Crippen molar-refractivity contribution in [1.82, 2.24) is 20.6 Å². The van der Waals surface area contributed by atoms with Crippen molar-refractivity contribution in [3.05, 3.63) is 10.8 Å². The number of nitrogens with zero attached hydrogens (tertiary/aromatic N) is 2. The summed E-state index contributed by atoms with van der Waals surface area (Å²) in [6, 6.07) is 0. The Kier molecular flexibility index (Phi) is 9.06. The molecule has 1 rings (SSSR count). The molecule has 0 aliphatic carbocycles. The Labute approximate surface area is 151 Å². The van der Waals surface area contributed by atoms with E-state index in [1.165, 1.54) is 0 Å². The maximum atomic E-state index is 12.0. The Morgan fingerprint density at radius 3 is 2.68 bits per heavy atom. The fourth-order valence-electron chi connectivity index (χ4n) is 1.85. The van der Waals surface area contributed by atoms with Gasteiger partial charge in [0.2, 0.25) is 0 Å². The predicted octanol–water partition coefficient (Wildman–Crippen LogP) is 0.759. The van der Waals surface area contributed by atoms with Crippen molar-refractivity contribution in [2.45, 2.75) is 25.7 Å². The Morgan fingerprint density at radius 1 is 1.24 bits per heavy atom. The van der Waals surface area contributed by atoms with Crippen LogP contribution < -0.4 is 22.1 Å². The van der Waals surface area contributed by atoms with Crippen LogP contribution in [0.1, 0.15) is 36.2 Å². The first-order chi connectivity index (χ1) is 12.0. The van der Waals surface area contributed by atoms with Crippen LogP contribution in [-0.4, -0.2) is 41.6 Å². The van der Waals surface area contributed by atoms with E-state index in [0.29, 0.717) is 19.8 Å². The largest absolute Gasteiger partial charge is 0.382 e. The number of nitrogen functional groups attached to an aromatic ring is 2. The van der Waals surface area contributed by atoms with Gasteiger partial charge in [-0.05, 0) is 12.8 Å². The quantitative estimate of drug-likeness (QED) is 0.187. The minimum absolute atomic E-state index is 0.0615. The van der Waals surface area contributed by atoms with E-state index < -0.39 is 5.91 Å². The summed E-state index contributed by atoms with van der Waals surface area (Å²) in [5.41, 5.74) is 10.8. The van der Waals surface area contributed by atoms with Crippen LogP contribution in [0.2, 0.25) is 5.15 Å². The average molecular weight is 368 g/mol. The second kappa shape index (κ2) is 11.1. The number of carbonyl (C=O) groups excluding carboxylic acids is 1. The lowest BCUT2D eigenvalue weighted by atomic mass is 10.2. The molecule has 0 bridgehead atoms. The lowest BCUT2D eigenvalue weighted by Gasteiger charge is -2.10. The highest BCUT2D eigenvalue weighted by atomic mass is 35.5. The van der Waals surface area contributed by atoms with Gasteiger partial charge in [0.1, 0.15) is 6.61 Å². The molecule has 136 valence electrons. The van der Waals surface area contributed by atoms with Gasteiger partial charge >= 0.3 is 0 Å². The van der Waals surface area contributed by atoms with E-state index in [2.05, 4.69) is 26.5 Å². The van der Waals surface area contributed by atoms with E-state index in [9.17, 15) is 4.79 Å². The number of hydrogen-bond donors (Lipinski definition) is 5. The first-order valence-electron chi connectivity index (χ1n) is 7.69. The molecule has 0 fully saturated rings. The summed E-state index contributed by atoms with van der Waals surface area (Å²) >= 11 is 5.72. The van der Waals surface area contributed by atoms with Gasteiger partial charge in [-0.15, -0.1) is 6.42 Å². The van der Waals surface area contributed by atoms with Gasteiger partial charge in [0.25, 0.3) is 5.91 Å². The van der Waals surface area contributed by atoms with Crippen LogP contribution in [0, 0.1) is 17.8 Å². The molecule has 0 aliphatic heterocycles. The number of halogens is 1. The average Bonchev–Trinajstić information content (AvgIpc) is 2.56. The summed E-state index contributed by atoms with van der Waals surface area (Å²) in [5, 5.41) is 12.7. The SMILES string of the molecule is C#CCOCCCCCCNC(=N)NC(=O)c1nc(Cl)c(N)nc1N. The van der Waals surface area contributed by atoms with E-state index in [1.54, 1.807) is 0 Å². The molecule has 1 amide bonds. The third kappa shape index (κ3) is 7.69. The number of nitrogens with two attached hydrogens (primary N) is 2. The number of amides is 1. The molecule has 0 atom stereocenters. The Bertz CT molecular complexity index is 646. The Hall–Kier alpha value is -2.57. The maximum absolute atomic E-state index is 12.0. The van der Waals surface area contributed by atoms with E-state index >= 15 is 0 Å². The van der Waals surface area contributed by atoms with Gasteiger partial charge in [0.05, 0.1) is 0 Å². The minimum Gasteiger partial charge on any atom is -0.382 e. The Morgan fingerprint density at radius 2 is 1.96 bits per heavy atom. The van der Waals surface area contributed by atoms with Gasteiger partial charge in [-0.2, -0.15) is 0 Å². The molecule has 0 aromatic carbocycles. The van der Waals surface area contributed by atoms with E-state index in [1.807, 2.05) is 0 Å². The zero-order valence-electron chi connectivity index (χ0n) is 13.8. The highest BCUT2D eigenvalue weighted by molar-refractivity contribution is 6.31. The van der Waals surface area contributed by atoms with E-state index in [4.69, 9.17) is 39.6 Å². The van der Waals surface area contributed by atoms with Crippen LogP contribution in [-0.2, 0) is 4.74 Å². The molecule has 9 nitrogen and oxygen atoms in total. The molecule has 0 saturated carbocycles. The number of terminal acetylenes is 1. The fourth-order valence-corrected chi connectivity index (χ4v) is 1.98. The molecule has 10 heteroatoms. The van der Waals surface area contributed by atoms with Gasteiger partial charge in [-0.1, -0.05) is 30.4 Å². The fraction of sp³-hybridized carbons (Fsp3) is 0.467. The number of unbranched alkanes of at least 4 members (excludes halogenated alkanes) is 3. The zero-order valence-corrected chi connectivity index (χ0v) is 14.5. The lowest BCUT2D eigenvalue weighted by Crippen LogP contribution is -2.41. The second-order valence-electron chi connectivity index (χ2n) is 5.06. The van der Waals surface area contributed by atoms with Crippen molar-refractivity contribution in [3.8, 4) is 12.3 Å². The number of nitrogens with one attached hydrogen (secondary N) is 3. The molecule has 0 unspecified atom stereocenters. The molecule has 1 heterocycles. The molecule has 0 saturated heterocycles. The van der Waals surface area contributed by atoms with Gasteiger partial charge < -0.3 is 21.5 Å². The molecule has 0 spiro atoms. The van der Waals surface area contributed by atoms with Crippen LogP contribution in [0.5, 0.6) is 0 Å². The van der Waals surface area contributed by atoms with Crippen molar-refractivity contribution < 1.29 is 9.53 Å². The van der Waals surface area contributed by atoms with Crippen molar-refractivity contribution >= 4 is 35.1 Å². The third-order valence-electron chi connectivity index (χ3n) is 3.06. The van der Waals surface area contributed by atoms with Gasteiger partial charge in [-0.3, -0.25) is 15.5 Å². The van der Waals surface area contributed by atoms with Crippen molar-refractivity contribution in [1.29, 1.82) is 5.41 Å². The van der Waals surface area contributed by atoms with E-state index in [-0.39, 0.29) is 28.4 Å². The molecule has 1 aromatic rings. The number of guanidine groups is 1. The van der Waals surface area contributed by atoms with Crippen LogP contribution in [0.3, 0.4) is 0 Å². The number of carbonyl (C=O) groups is 1. The van der Waals surface area contributed by atoms with Gasteiger partial charge in [0.15, 0.2) is 28.4 Å². The molecule has 1 aromatic heterocycles. The second-order valence-corrected chi connectivity index (χ2v) is 5.42. The summed E-state index contributed by atoms with van der Waals surface area (Å²) in [4.78, 5) is 19.5. The van der Waals surface area contributed by atoms with Crippen molar-refractivity contribution in [2.75, 3.05) is 31.2 Å². The van der Waals surface area contributed by atoms with Gasteiger partial charge in [0, 0.05) is 13.2 Å². The molecule has 25 heavy (non-hydrogen) atoms. The highest BCUT2D eigenvalue weighted by Gasteiger charge is 2.16. The van der Waals surface area contributed by atoms with Gasteiger partial charge in [-0.25, -0.2) is 9.97 Å². The molecule has 7 N–H and O–H groups in total. The Balaban J connectivity index is 2.23. The van der Waals surface area contributed by atoms with E-state index in [0.717, 1.165) is 25.7 Å². The first-order valence-corrected chi connectivity index (χ1v) is 8.07. The third-order valence-corrected chi connectivity index (χ3v) is 3.34. The summed E-state index contributed by atoms with van der Waals surface area (Å²) in [5.74, 6) is 1.35. The van der Waals surface area contributed by atoms with Crippen LogP contribution in [0.4, 0.5) is 11.6 Å². The number of anilines is 2. The predicted molar refractivity (Wildman–Crippen MR) is 97.2 cm³/mol. The molecular weight excluding hydrogens is 346 g/mol. The summed E-state index contributed by atoms with van der Waals surface area (Å²) < 4.78 is 5.17. The van der Waals surface area contributed by atoms with Crippen molar-refractivity contribution in [2.24, 2.45) is 0 Å². The molecule has 0 radical (unpaired) electrons. The smallest absolute Gasteiger partial charge is 0.280 e. The number of rotatable bonds is 9. The molecule has 0 aliphatic rings. The molecular formula is C15H22ClN7O2. The van der Waals surface area contributed by atoms with Crippen LogP contribution in [0.15, 0.2) is 0 Å². The minimum atomic E-state index is -0.685. The highest BCUT2D eigenvalue weighted by Crippen LogP contribution is 2.17. The summed E-state index contributed by atoms with van der Waals surface area (Å²) in [6.07, 6.45) is 8.83. The zero-order chi connectivity index (χ0) is 18.7. The number of aromatic nitrogens is 2. The summed E-state index contributed by atoms with van der Waals surface area (Å²) in [7, 11) is 0. The van der Waals surface area contributed by atoms with Crippen LogP contribution >= 0.6 is 11.6 Å².